The highest BCUT2D eigenvalue weighted by atomic mass is 32.2. The predicted molar refractivity (Wildman–Crippen MR) is 97.6 cm³/mol. The van der Waals surface area contributed by atoms with Gasteiger partial charge in [0, 0.05) is 6.54 Å². The van der Waals surface area contributed by atoms with E-state index in [1.165, 1.54) is 19.2 Å². The third kappa shape index (κ3) is 7.20. The van der Waals surface area contributed by atoms with E-state index in [2.05, 4.69) is 14.5 Å². The number of methoxy groups -OCH3 is 1. The van der Waals surface area contributed by atoms with Crippen LogP contribution in [0, 0.1) is 6.92 Å². The number of ether oxygens (including phenoxy) is 1. The van der Waals surface area contributed by atoms with Gasteiger partial charge in [-0.05, 0) is 31.9 Å². The van der Waals surface area contributed by atoms with Crippen LogP contribution in [0.15, 0.2) is 34.2 Å². The molecule has 0 heterocycles. The van der Waals surface area contributed by atoms with Crippen molar-refractivity contribution < 1.29 is 17.9 Å². The molecule has 0 aromatic heterocycles. The Kier molecular flexibility index (Phi) is 9.41. The van der Waals surface area contributed by atoms with Crippen molar-refractivity contribution in [1.82, 2.24) is 4.72 Å². The van der Waals surface area contributed by atoms with Gasteiger partial charge in [0.15, 0.2) is 5.96 Å². The van der Waals surface area contributed by atoms with E-state index in [1.807, 2.05) is 6.92 Å². The number of aliphatic imine (C=N–C) groups is 1. The van der Waals surface area contributed by atoms with Crippen molar-refractivity contribution in [3.8, 4) is 0 Å². The van der Waals surface area contributed by atoms with Crippen molar-refractivity contribution in [2.24, 2.45) is 16.5 Å². The summed E-state index contributed by atoms with van der Waals surface area (Å²) in [6.07, 6.45) is 0.641. The fourth-order valence-electron chi connectivity index (χ4n) is 1.84. The number of guanidine groups is 1. The number of hydrogen-bond donors (Lipinski definition) is 3. The van der Waals surface area contributed by atoms with E-state index >= 15 is 0 Å². The molecule has 0 aliphatic heterocycles. The first-order chi connectivity index (χ1) is 10.8. The molecule has 136 valence electrons. The number of nitrogens with two attached hydrogens (primary N) is 2. The molecule has 5 N–H and O–H groups in total. The van der Waals surface area contributed by atoms with Crippen molar-refractivity contribution in [3.63, 3.8) is 0 Å². The normalized spacial score (nSPS) is 11.9. The zero-order valence-corrected chi connectivity index (χ0v) is 15.5. The minimum absolute atomic E-state index is 0. The number of hydrogen-bond acceptors (Lipinski definition) is 5. The first kappa shape index (κ1) is 22.2. The van der Waals surface area contributed by atoms with Gasteiger partial charge in [-0.15, -0.1) is 0 Å². The van der Waals surface area contributed by atoms with Crippen LogP contribution in [0.4, 0.5) is 0 Å². The number of aryl methyl sites for hydroxylation is 1. The van der Waals surface area contributed by atoms with E-state index in [4.69, 9.17) is 11.5 Å². The summed E-state index contributed by atoms with van der Waals surface area (Å²) in [6, 6.07) is 5.32. The lowest BCUT2D eigenvalue weighted by molar-refractivity contribution is -0.142. The molecule has 0 aliphatic rings. The Hall–Kier alpha value is -1.78. The Labute approximate surface area is 149 Å². The van der Waals surface area contributed by atoms with Crippen LogP contribution in [0.2, 0.25) is 0 Å². The summed E-state index contributed by atoms with van der Waals surface area (Å²) in [5.41, 5.74) is 11.4. The van der Waals surface area contributed by atoms with Gasteiger partial charge in [0.1, 0.15) is 6.04 Å². The van der Waals surface area contributed by atoms with Gasteiger partial charge in [-0.3, -0.25) is 9.79 Å². The molecule has 1 aromatic carbocycles. The second kappa shape index (κ2) is 10.2. The molecule has 0 aliphatic carbocycles. The van der Waals surface area contributed by atoms with Crippen molar-refractivity contribution in [2.75, 3.05) is 13.7 Å². The molecule has 1 atom stereocenters. The second-order valence-electron chi connectivity index (χ2n) is 4.96. The monoisotopic (exact) mass is 376 g/mol. The first-order valence-corrected chi connectivity index (χ1v) is 8.47. The molecule has 24 heavy (non-hydrogen) atoms. The highest BCUT2D eigenvalue weighted by molar-refractivity contribution is 7.89. The Morgan fingerprint density at radius 2 is 1.88 bits per heavy atom. The van der Waals surface area contributed by atoms with E-state index < -0.39 is 22.0 Å². The predicted octanol–water partition coefficient (Wildman–Crippen LogP) is -0.0187. The lowest BCUT2D eigenvalue weighted by atomic mass is 10.2. The van der Waals surface area contributed by atoms with Crippen molar-refractivity contribution in [2.45, 2.75) is 30.7 Å². The first-order valence-electron chi connectivity index (χ1n) is 6.98. The Balaban J connectivity index is 0.00000529. The van der Waals surface area contributed by atoms with Gasteiger partial charge in [0.25, 0.3) is 0 Å². The maximum absolute atomic E-state index is 12.3. The SMILES string of the molecule is COC(=O)C(CCCN=C(N)N)NS(=O)(=O)c1ccc(C)cc1.S. The number of nitrogens with one attached hydrogen (secondary N) is 1. The Bertz CT molecular complexity index is 656. The van der Waals surface area contributed by atoms with Crippen LogP contribution in [0.3, 0.4) is 0 Å². The number of sulfonamides is 1. The molecule has 1 rings (SSSR count). The lowest BCUT2D eigenvalue weighted by Crippen LogP contribution is -2.41. The van der Waals surface area contributed by atoms with E-state index in [0.29, 0.717) is 13.0 Å². The smallest absolute Gasteiger partial charge is 0.323 e. The zero-order chi connectivity index (χ0) is 17.5. The summed E-state index contributed by atoms with van der Waals surface area (Å²) in [5, 5.41) is 0. The average Bonchev–Trinajstić information content (AvgIpc) is 2.49. The molecule has 10 heteroatoms. The molecule has 0 saturated heterocycles. The summed E-state index contributed by atoms with van der Waals surface area (Å²) in [6.45, 7) is 2.15. The minimum atomic E-state index is -3.82. The number of nitrogens with zero attached hydrogens (tertiary/aromatic N) is 1. The number of rotatable bonds is 8. The molecule has 1 aromatic rings. The summed E-state index contributed by atoms with van der Waals surface area (Å²) in [4.78, 5) is 15.6. The summed E-state index contributed by atoms with van der Waals surface area (Å²) in [7, 11) is -2.62. The largest absolute Gasteiger partial charge is 0.468 e. The molecule has 0 saturated carbocycles. The van der Waals surface area contributed by atoms with Gasteiger partial charge < -0.3 is 16.2 Å². The van der Waals surface area contributed by atoms with Crippen LogP contribution in [-0.4, -0.2) is 40.0 Å². The van der Waals surface area contributed by atoms with E-state index in [9.17, 15) is 13.2 Å². The highest BCUT2D eigenvalue weighted by Gasteiger charge is 2.25. The van der Waals surface area contributed by atoms with Crippen LogP contribution in [0.1, 0.15) is 18.4 Å². The summed E-state index contributed by atoms with van der Waals surface area (Å²) in [5.74, 6) is -0.717. The summed E-state index contributed by atoms with van der Waals surface area (Å²) >= 11 is 0. The third-order valence-corrected chi connectivity index (χ3v) is 4.55. The van der Waals surface area contributed by atoms with Gasteiger partial charge in [-0.2, -0.15) is 18.2 Å². The molecule has 0 radical (unpaired) electrons. The van der Waals surface area contributed by atoms with Crippen LogP contribution in [0.5, 0.6) is 0 Å². The Morgan fingerprint density at radius 3 is 2.38 bits per heavy atom. The fraction of sp³-hybridized carbons (Fsp3) is 0.429. The highest BCUT2D eigenvalue weighted by Crippen LogP contribution is 2.12. The molecular formula is C14H24N4O4S2. The average molecular weight is 377 g/mol. The van der Waals surface area contributed by atoms with Gasteiger partial charge in [-0.25, -0.2) is 8.42 Å². The number of esters is 1. The number of carbonyl (C=O) groups is 1. The van der Waals surface area contributed by atoms with Gasteiger partial charge in [0.2, 0.25) is 10.0 Å². The molecular weight excluding hydrogens is 352 g/mol. The topological polar surface area (TPSA) is 137 Å². The van der Waals surface area contributed by atoms with Gasteiger partial charge >= 0.3 is 5.97 Å². The van der Waals surface area contributed by atoms with E-state index in [0.717, 1.165) is 5.56 Å². The molecule has 8 nitrogen and oxygen atoms in total. The zero-order valence-electron chi connectivity index (χ0n) is 13.7. The Morgan fingerprint density at radius 1 is 1.29 bits per heavy atom. The maximum Gasteiger partial charge on any atom is 0.323 e. The molecule has 0 bridgehead atoms. The quantitative estimate of drug-likeness (QED) is 0.252. The lowest BCUT2D eigenvalue weighted by Gasteiger charge is -2.16. The van der Waals surface area contributed by atoms with Crippen molar-refractivity contribution in [3.05, 3.63) is 29.8 Å². The van der Waals surface area contributed by atoms with Crippen LogP contribution in [-0.2, 0) is 19.6 Å². The van der Waals surface area contributed by atoms with Crippen LogP contribution in [0.25, 0.3) is 0 Å². The standard InChI is InChI=1S/C14H22N4O4S.H2S/c1-10-5-7-11(8-6-10)23(20,21)18-12(13(19)22-2)4-3-9-17-14(15)16;/h5-8,12,18H,3-4,9H2,1-2H3,(H4,15,16,17);1H2. The number of benzene rings is 1. The van der Waals surface area contributed by atoms with Crippen LogP contribution >= 0.6 is 13.5 Å². The van der Waals surface area contributed by atoms with E-state index in [-0.39, 0.29) is 30.8 Å². The molecule has 0 spiro atoms. The molecule has 0 fully saturated rings. The van der Waals surface area contributed by atoms with Crippen molar-refractivity contribution >= 4 is 35.4 Å². The third-order valence-electron chi connectivity index (χ3n) is 3.06. The summed E-state index contributed by atoms with van der Waals surface area (Å²) < 4.78 is 31.7. The van der Waals surface area contributed by atoms with Crippen molar-refractivity contribution in [1.29, 1.82) is 0 Å². The fourth-order valence-corrected chi connectivity index (χ4v) is 3.06. The van der Waals surface area contributed by atoms with E-state index in [1.54, 1.807) is 12.1 Å². The van der Waals surface area contributed by atoms with Gasteiger partial charge in [-0.1, -0.05) is 17.7 Å². The maximum atomic E-state index is 12.3. The number of carbonyl (C=O) groups excluding carboxylic acids is 1. The molecule has 1 unspecified atom stereocenters. The molecule has 0 amide bonds. The minimum Gasteiger partial charge on any atom is -0.468 e. The second-order valence-corrected chi connectivity index (χ2v) is 6.67. The van der Waals surface area contributed by atoms with Crippen LogP contribution < -0.4 is 16.2 Å². The van der Waals surface area contributed by atoms with Gasteiger partial charge in [0.05, 0.1) is 12.0 Å².